The molecule has 10 heteroatoms. The molecule has 0 aliphatic rings. The van der Waals surface area contributed by atoms with E-state index in [-0.39, 0.29) is 11.8 Å². The maximum Gasteiger partial charge on any atom is 0.409 e. The van der Waals surface area contributed by atoms with Crippen molar-refractivity contribution >= 4 is 51.8 Å². The van der Waals surface area contributed by atoms with Crippen LogP contribution >= 0.6 is 23.1 Å². The number of carboxylic acid groups (broad SMARTS) is 1. The maximum atomic E-state index is 12.9. The fourth-order valence-electron chi connectivity index (χ4n) is 3.05. The number of nitrogens with one attached hydrogen (secondary N) is 3. The van der Waals surface area contributed by atoms with Crippen LogP contribution in [0.4, 0.5) is 15.6 Å². The number of aromatic nitrogens is 1. The smallest absolute Gasteiger partial charge is 0.409 e. The van der Waals surface area contributed by atoms with Crippen LogP contribution in [0.5, 0.6) is 0 Å². The minimum absolute atomic E-state index is 0.242. The Kier molecular flexibility index (Phi) is 8.45. The molecule has 0 radical (unpaired) electrons. The number of carbonyl (C=O) groups is 3. The Balaban J connectivity index is 1.69. The van der Waals surface area contributed by atoms with Gasteiger partial charge in [0.15, 0.2) is 5.13 Å². The summed E-state index contributed by atoms with van der Waals surface area (Å²) in [6.45, 7) is 1.78. The summed E-state index contributed by atoms with van der Waals surface area (Å²) in [6.07, 6.45) is 1.99. The topological polar surface area (TPSA) is 120 Å². The minimum atomic E-state index is -1.12. The van der Waals surface area contributed by atoms with Gasteiger partial charge in [-0.1, -0.05) is 35.6 Å². The molecule has 0 spiro atoms. The summed E-state index contributed by atoms with van der Waals surface area (Å²) in [5.41, 5.74) is 3.05. The van der Waals surface area contributed by atoms with E-state index in [0.29, 0.717) is 40.8 Å². The molecule has 0 unspecified atom stereocenters. The second kappa shape index (κ2) is 11.5. The highest BCUT2D eigenvalue weighted by atomic mass is 32.2. The average molecular weight is 485 g/mol. The largest absolute Gasteiger partial charge is 0.465 e. The molecule has 3 rings (SSSR count). The molecule has 1 aromatic heterocycles. The summed E-state index contributed by atoms with van der Waals surface area (Å²) in [5, 5.41) is 17.1. The first-order chi connectivity index (χ1) is 15.8. The van der Waals surface area contributed by atoms with Gasteiger partial charge in [-0.2, -0.15) is 0 Å². The maximum absolute atomic E-state index is 12.9. The van der Waals surface area contributed by atoms with Gasteiger partial charge >= 0.3 is 6.09 Å². The van der Waals surface area contributed by atoms with Gasteiger partial charge in [0.2, 0.25) is 5.91 Å². The van der Waals surface area contributed by atoms with E-state index < -0.39 is 6.09 Å². The van der Waals surface area contributed by atoms with Gasteiger partial charge in [0.05, 0.1) is 5.69 Å². The van der Waals surface area contributed by atoms with Crippen LogP contribution < -0.4 is 16.0 Å². The number of hydrogen-bond acceptors (Lipinski definition) is 6. The number of amides is 3. The summed E-state index contributed by atoms with van der Waals surface area (Å²) >= 11 is 2.80. The molecule has 0 atom stereocenters. The Morgan fingerprint density at radius 3 is 2.24 bits per heavy atom. The van der Waals surface area contributed by atoms with Crippen molar-refractivity contribution in [2.45, 2.75) is 31.2 Å². The van der Waals surface area contributed by atoms with Crippen molar-refractivity contribution in [2.75, 3.05) is 16.9 Å². The normalized spacial score (nSPS) is 10.5. The van der Waals surface area contributed by atoms with E-state index in [1.54, 1.807) is 23.9 Å². The molecular formula is C23H24N4O4S2. The van der Waals surface area contributed by atoms with Gasteiger partial charge < -0.3 is 15.7 Å². The number of benzene rings is 2. The Labute approximate surface area is 199 Å². The predicted octanol–water partition coefficient (Wildman–Crippen LogP) is 4.63. The SMILES string of the molecule is CSc1ccc(CNC(=O)c2sc(NC(C)=O)nc2CCc2ccc(NC(=O)O)cc2)cc1. The zero-order chi connectivity index (χ0) is 23.8. The summed E-state index contributed by atoms with van der Waals surface area (Å²) in [6, 6.07) is 15.0. The summed E-state index contributed by atoms with van der Waals surface area (Å²) < 4.78 is 0. The fourth-order valence-corrected chi connectivity index (χ4v) is 4.43. The van der Waals surface area contributed by atoms with Crippen molar-refractivity contribution in [3.05, 3.63) is 70.2 Å². The van der Waals surface area contributed by atoms with E-state index in [0.717, 1.165) is 27.4 Å². The molecule has 4 N–H and O–H groups in total. The highest BCUT2D eigenvalue weighted by molar-refractivity contribution is 7.98. The van der Waals surface area contributed by atoms with Crippen LogP contribution in [0.3, 0.4) is 0 Å². The number of carbonyl (C=O) groups excluding carboxylic acids is 2. The van der Waals surface area contributed by atoms with Crippen molar-refractivity contribution < 1.29 is 19.5 Å². The molecule has 8 nitrogen and oxygen atoms in total. The van der Waals surface area contributed by atoms with Crippen LogP contribution in [-0.2, 0) is 24.2 Å². The van der Waals surface area contributed by atoms with Crippen LogP contribution in [-0.4, -0.2) is 34.3 Å². The molecule has 0 aliphatic heterocycles. The lowest BCUT2D eigenvalue weighted by molar-refractivity contribution is -0.114. The van der Waals surface area contributed by atoms with E-state index in [1.165, 1.54) is 6.92 Å². The third-order valence-electron chi connectivity index (χ3n) is 4.65. The molecule has 0 saturated carbocycles. The number of anilines is 2. The van der Waals surface area contributed by atoms with Gasteiger partial charge in [-0.05, 0) is 54.5 Å². The predicted molar refractivity (Wildman–Crippen MR) is 131 cm³/mol. The zero-order valence-corrected chi connectivity index (χ0v) is 19.8. The van der Waals surface area contributed by atoms with Crippen LogP contribution in [0.15, 0.2) is 53.4 Å². The summed E-state index contributed by atoms with van der Waals surface area (Å²) in [7, 11) is 0. The number of rotatable bonds is 9. The van der Waals surface area contributed by atoms with Crippen LogP contribution in [0, 0.1) is 0 Å². The monoisotopic (exact) mass is 484 g/mol. The first-order valence-corrected chi connectivity index (χ1v) is 12.2. The van der Waals surface area contributed by atoms with Crippen LogP contribution in [0.1, 0.15) is 33.4 Å². The lowest BCUT2D eigenvalue weighted by Gasteiger charge is -2.07. The molecule has 3 amide bonds. The van der Waals surface area contributed by atoms with Gasteiger partial charge in [-0.25, -0.2) is 9.78 Å². The Bertz CT molecular complexity index is 1130. The molecular weight excluding hydrogens is 460 g/mol. The van der Waals surface area contributed by atoms with Gasteiger partial charge in [0.25, 0.3) is 5.91 Å². The van der Waals surface area contributed by atoms with Crippen LogP contribution in [0.25, 0.3) is 0 Å². The van der Waals surface area contributed by atoms with E-state index in [9.17, 15) is 14.4 Å². The number of thiazole rings is 1. The van der Waals surface area contributed by atoms with Crippen molar-refractivity contribution in [1.29, 1.82) is 0 Å². The molecule has 1 heterocycles. The fraction of sp³-hybridized carbons (Fsp3) is 0.217. The number of aryl methyl sites for hydroxylation is 2. The van der Waals surface area contributed by atoms with Gasteiger partial charge in [0.1, 0.15) is 4.88 Å². The van der Waals surface area contributed by atoms with Crippen molar-refractivity contribution in [3.63, 3.8) is 0 Å². The highest BCUT2D eigenvalue weighted by Crippen LogP contribution is 2.25. The first-order valence-electron chi connectivity index (χ1n) is 10.1. The zero-order valence-electron chi connectivity index (χ0n) is 18.2. The molecule has 2 aromatic carbocycles. The molecule has 33 heavy (non-hydrogen) atoms. The summed E-state index contributed by atoms with van der Waals surface area (Å²) in [5.74, 6) is -0.494. The van der Waals surface area contributed by atoms with Crippen LogP contribution in [0.2, 0.25) is 0 Å². The number of nitrogens with zero attached hydrogens (tertiary/aromatic N) is 1. The quantitative estimate of drug-likeness (QED) is 0.329. The molecule has 0 bridgehead atoms. The van der Waals surface area contributed by atoms with Crippen molar-refractivity contribution in [2.24, 2.45) is 0 Å². The molecule has 172 valence electrons. The Morgan fingerprint density at radius 2 is 1.64 bits per heavy atom. The van der Waals surface area contributed by atoms with Crippen molar-refractivity contribution in [1.82, 2.24) is 10.3 Å². The standard InChI is InChI=1S/C23H24N4O4S2/c1-14(28)25-22-27-19(12-7-15-3-8-17(9-4-15)26-23(30)31)20(33-22)21(29)24-13-16-5-10-18(32-2)11-6-16/h3-6,8-11,26H,7,12-13H2,1-2H3,(H,24,29)(H,30,31)(H,25,27,28). The lowest BCUT2D eigenvalue weighted by Crippen LogP contribution is -2.23. The average Bonchev–Trinajstić information content (AvgIpc) is 3.19. The van der Waals surface area contributed by atoms with E-state index in [2.05, 4.69) is 20.9 Å². The third kappa shape index (κ3) is 7.33. The Morgan fingerprint density at radius 1 is 0.970 bits per heavy atom. The molecule has 3 aromatic rings. The summed E-state index contributed by atoms with van der Waals surface area (Å²) in [4.78, 5) is 41.2. The van der Waals surface area contributed by atoms with E-state index in [1.807, 2.05) is 42.7 Å². The van der Waals surface area contributed by atoms with Gasteiger partial charge in [-0.15, -0.1) is 11.8 Å². The molecule has 0 aliphatic carbocycles. The number of thioether (sulfide) groups is 1. The van der Waals surface area contributed by atoms with Gasteiger partial charge in [0, 0.05) is 24.1 Å². The second-order valence-corrected chi connectivity index (χ2v) is 9.01. The first kappa shape index (κ1) is 24.3. The third-order valence-corrected chi connectivity index (χ3v) is 6.41. The molecule has 0 fully saturated rings. The molecule has 0 saturated heterocycles. The van der Waals surface area contributed by atoms with E-state index >= 15 is 0 Å². The van der Waals surface area contributed by atoms with Gasteiger partial charge in [-0.3, -0.25) is 14.9 Å². The van der Waals surface area contributed by atoms with Crippen molar-refractivity contribution in [3.8, 4) is 0 Å². The highest BCUT2D eigenvalue weighted by Gasteiger charge is 2.19. The number of hydrogen-bond donors (Lipinski definition) is 4. The lowest BCUT2D eigenvalue weighted by atomic mass is 10.1. The van der Waals surface area contributed by atoms with E-state index in [4.69, 9.17) is 5.11 Å². The minimum Gasteiger partial charge on any atom is -0.465 e. The second-order valence-electron chi connectivity index (χ2n) is 7.13. The Hall–Kier alpha value is -3.37.